The van der Waals surface area contributed by atoms with Crippen molar-refractivity contribution in [3.63, 3.8) is 0 Å². The molecule has 0 amide bonds. The second-order valence-corrected chi connectivity index (χ2v) is 3.06. The third kappa shape index (κ3) is 5.18. The van der Waals surface area contributed by atoms with Gasteiger partial charge in [-0.3, -0.25) is 0 Å². The van der Waals surface area contributed by atoms with Crippen LogP contribution in [0.5, 0.6) is 0 Å². The molecule has 0 heterocycles. The molecule has 0 radical (unpaired) electrons. The predicted molar refractivity (Wildman–Crippen MR) is 45.6 cm³/mol. The third-order valence-electron chi connectivity index (χ3n) is 1.82. The Labute approximate surface area is 68.2 Å². The average Bonchev–Trinajstić information content (AvgIpc) is 2.80. The Morgan fingerprint density at radius 1 is 1.18 bits per heavy atom. The number of nitrogens with one attached hydrogen (secondary N) is 2. The fraction of sp³-hybridized carbons (Fsp3) is 1.00. The molecule has 0 bridgehead atoms. The van der Waals surface area contributed by atoms with Crippen molar-refractivity contribution >= 4 is 0 Å². The Hall–Kier alpha value is -0.120. The van der Waals surface area contributed by atoms with E-state index < -0.39 is 0 Å². The molecule has 0 aromatic rings. The van der Waals surface area contributed by atoms with Crippen LogP contribution in [0.2, 0.25) is 0 Å². The summed E-state index contributed by atoms with van der Waals surface area (Å²) in [4.78, 5) is 0. The molecule has 3 nitrogen and oxygen atoms in total. The van der Waals surface area contributed by atoms with E-state index in [2.05, 4.69) is 10.6 Å². The Morgan fingerprint density at radius 2 is 2.00 bits per heavy atom. The second kappa shape index (κ2) is 5.52. The third-order valence-corrected chi connectivity index (χ3v) is 1.82. The van der Waals surface area contributed by atoms with Crippen LogP contribution >= 0.6 is 0 Å². The Balaban J connectivity index is 1.66. The summed E-state index contributed by atoms with van der Waals surface area (Å²) in [6, 6.07) is 0.814. The lowest BCUT2D eigenvalue weighted by molar-refractivity contribution is 0.286. The van der Waals surface area contributed by atoms with E-state index >= 15 is 0 Å². The fourth-order valence-corrected chi connectivity index (χ4v) is 0.981. The van der Waals surface area contributed by atoms with Crippen molar-refractivity contribution in [3.05, 3.63) is 0 Å². The minimum Gasteiger partial charge on any atom is -0.396 e. The summed E-state index contributed by atoms with van der Waals surface area (Å²) < 4.78 is 0. The summed E-state index contributed by atoms with van der Waals surface area (Å²) in [7, 11) is 0. The van der Waals surface area contributed by atoms with Gasteiger partial charge in [0.25, 0.3) is 0 Å². The number of aliphatic hydroxyl groups excluding tert-OH is 1. The minimum absolute atomic E-state index is 0.295. The van der Waals surface area contributed by atoms with E-state index in [0.29, 0.717) is 6.61 Å². The molecule has 0 aromatic heterocycles. The van der Waals surface area contributed by atoms with Gasteiger partial charge >= 0.3 is 0 Å². The second-order valence-electron chi connectivity index (χ2n) is 3.06. The normalized spacial score (nSPS) is 17.2. The van der Waals surface area contributed by atoms with Crippen LogP contribution in [0.1, 0.15) is 19.3 Å². The molecule has 1 aliphatic carbocycles. The van der Waals surface area contributed by atoms with Crippen molar-refractivity contribution in [2.45, 2.75) is 25.3 Å². The smallest absolute Gasteiger partial charge is 0.0443 e. The highest BCUT2D eigenvalue weighted by Crippen LogP contribution is 2.17. The van der Waals surface area contributed by atoms with Gasteiger partial charge in [0.2, 0.25) is 0 Å². The van der Waals surface area contributed by atoms with Gasteiger partial charge in [0.05, 0.1) is 0 Å². The first-order valence-corrected chi connectivity index (χ1v) is 4.48. The summed E-state index contributed by atoms with van der Waals surface area (Å²) in [6.07, 6.45) is 3.58. The monoisotopic (exact) mass is 158 g/mol. The molecule has 66 valence electrons. The molecule has 1 aliphatic rings. The largest absolute Gasteiger partial charge is 0.396 e. The van der Waals surface area contributed by atoms with Gasteiger partial charge in [0.1, 0.15) is 0 Å². The topological polar surface area (TPSA) is 44.3 Å². The van der Waals surface area contributed by atoms with E-state index in [4.69, 9.17) is 5.11 Å². The van der Waals surface area contributed by atoms with Gasteiger partial charge in [0, 0.05) is 25.7 Å². The van der Waals surface area contributed by atoms with E-state index in [1.807, 2.05) is 0 Å². The fourth-order valence-electron chi connectivity index (χ4n) is 0.981. The maximum atomic E-state index is 8.47. The molecular weight excluding hydrogens is 140 g/mol. The van der Waals surface area contributed by atoms with Crippen molar-refractivity contribution in [3.8, 4) is 0 Å². The zero-order chi connectivity index (χ0) is 7.94. The number of hydrogen-bond acceptors (Lipinski definition) is 3. The van der Waals surface area contributed by atoms with Crippen molar-refractivity contribution < 1.29 is 5.11 Å². The van der Waals surface area contributed by atoms with Crippen LogP contribution in [0.3, 0.4) is 0 Å². The Bertz CT molecular complexity index is 94.1. The highest BCUT2D eigenvalue weighted by atomic mass is 16.3. The lowest BCUT2D eigenvalue weighted by Gasteiger charge is -2.03. The molecule has 11 heavy (non-hydrogen) atoms. The molecule has 0 aliphatic heterocycles. The highest BCUT2D eigenvalue weighted by molar-refractivity contribution is 4.80. The molecule has 1 rings (SSSR count). The quantitative estimate of drug-likeness (QED) is 0.446. The van der Waals surface area contributed by atoms with Gasteiger partial charge in [-0.2, -0.15) is 0 Å². The summed E-state index contributed by atoms with van der Waals surface area (Å²) >= 11 is 0. The van der Waals surface area contributed by atoms with Crippen LogP contribution in [-0.2, 0) is 0 Å². The predicted octanol–water partition coefficient (Wildman–Crippen LogP) is -0.290. The standard InChI is InChI=1S/C8H18N2O/c11-7-1-4-9-5-6-10-8-2-3-8/h8-11H,1-7H2. The molecule has 0 aromatic carbocycles. The van der Waals surface area contributed by atoms with Gasteiger partial charge in [-0.1, -0.05) is 0 Å². The van der Waals surface area contributed by atoms with Crippen molar-refractivity contribution in [1.29, 1.82) is 0 Å². The van der Waals surface area contributed by atoms with E-state index in [1.165, 1.54) is 12.8 Å². The lowest BCUT2D eigenvalue weighted by atomic mass is 10.4. The molecule has 3 N–H and O–H groups in total. The zero-order valence-corrected chi connectivity index (χ0v) is 6.97. The highest BCUT2D eigenvalue weighted by Gasteiger charge is 2.19. The molecule has 3 heteroatoms. The summed E-state index contributed by atoms with van der Waals surface area (Å²) in [5.41, 5.74) is 0. The van der Waals surface area contributed by atoms with E-state index in [0.717, 1.165) is 32.1 Å². The summed E-state index contributed by atoms with van der Waals surface area (Å²) in [5, 5.41) is 15.1. The molecule has 0 spiro atoms. The molecule has 1 fully saturated rings. The molecule has 0 unspecified atom stereocenters. The van der Waals surface area contributed by atoms with Gasteiger partial charge in [-0.15, -0.1) is 0 Å². The first-order chi connectivity index (χ1) is 5.43. The maximum absolute atomic E-state index is 8.47. The number of hydrogen-bond donors (Lipinski definition) is 3. The van der Waals surface area contributed by atoms with Crippen LogP contribution in [0.25, 0.3) is 0 Å². The van der Waals surface area contributed by atoms with Crippen LogP contribution in [0.4, 0.5) is 0 Å². The minimum atomic E-state index is 0.295. The van der Waals surface area contributed by atoms with Gasteiger partial charge in [-0.05, 0) is 25.8 Å². The molecular formula is C8H18N2O. The first kappa shape index (κ1) is 8.97. The first-order valence-electron chi connectivity index (χ1n) is 4.48. The van der Waals surface area contributed by atoms with Gasteiger partial charge in [-0.25, -0.2) is 0 Å². The average molecular weight is 158 g/mol. The molecule has 1 saturated carbocycles. The number of aliphatic hydroxyl groups is 1. The van der Waals surface area contributed by atoms with Crippen LogP contribution in [-0.4, -0.2) is 37.4 Å². The Kier molecular flexibility index (Phi) is 4.50. The van der Waals surface area contributed by atoms with Crippen LogP contribution < -0.4 is 10.6 Å². The van der Waals surface area contributed by atoms with E-state index in [-0.39, 0.29) is 0 Å². The van der Waals surface area contributed by atoms with Gasteiger partial charge in [0.15, 0.2) is 0 Å². The maximum Gasteiger partial charge on any atom is 0.0443 e. The van der Waals surface area contributed by atoms with E-state index in [9.17, 15) is 0 Å². The SMILES string of the molecule is OCCCNCCNC1CC1. The van der Waals surface area contributed by atoms with Crippen molar-refractivity contribution in [1.82, 2.24) is 10.6 Å². The molecule has 0 atom stereocenters. The summed E-state index contributed by atoms with van der Waals surface area (Å²) in [5.74, 6) is 0. The molecule has 0 saturated heterocycles. The zero-order valence-electron chi connectivity index (χ0n) is 6.97. The van der Waals surface area contributed by atoms with E-state index in [1.54, 1.807) is 0 Å². The van der Waals surface area contributed by atoms with Crippen LogP contribution in [0.15, 0.2) is 0 Å². The lowest BCUT2D eigenvalue weighted by Crippen LogP contribution is -2.29. The number of rotatable bonds is 7. The van der Waals surface area contributed by atoms with Crippen molar-refractivity contribution in [2.75, 3.05) is 26.2 Å². The van der Waals surface area contributed by atoms with Gasteiger partial charge < -0.3 is 15.7 Å². The van der Waals surface area contributed by atoms with Crippen LogP contribution in [0, 0.1) is 0 Å². The Morgan fingerprint density at radius 3 is 2.64 bits per heavy atom. The summed E-state index contributed by atoms with van der Waals surface area (Å²) in [6.45, 7) is 3.32. The van der Waals surface area contributed by atoms with Crippen molar-refractivity contribution in [2.24, 2.45) is 0 Å².